The molecule has 0 atom stereocenters. The molecule has 0 fully saturated rings. The van der Waals surface area contributed by atoms with Gasteiger partial charge in [-0.2, -0.15) is 10.2 Å². The summed E-state index contributed by atoms with van der Waals surface area (Å²) in [4.78, 5) is 14.0. The van der Waals surface area contributed by atoms with E-state index >= 15 is 0 Å². The van der Waals surface area contributed by atoms with Gasteiger partial charge < -0.3 is 9.64 Å². The van der Waals surface area contributed by atoms with Gasteiger partial charge in [0.15, 0.2) is 0 Å². The summed E-state index contributed by atoms with van der Waals surface area (Å²) in [5.74, 6) is -0.270. The van der Waals surface area contributed by atoms with Gasteiger partial charge in [-0.25, -0.2) is 8.78 Å². The normalized spacial score (nSPS) is 14.3. The summed E-state index contributed by atoms with van der Waals surface area (Å²) in [6.07, 6.45) is -0.479. The first-order chi connectivity index (χ1) is 11.1. The van der Waals surface area contributed by atoms with Gasteiger partial charge in [0.25, 0.3) is 12.3 Å². The number of carbonyl (C=O) groups excluding carboxylic acids is 1. The smallest absolute Gasteiger partial charge is 0.282 e. The van der Waals surface area contributed by atoms with Gasteiger partial charge >= 0.3 is 0 Å². The average Bonchev–Trinajstić information content (AvgIpc) is 3.18. The van der Waals surface area contributed by atoms with Crippen LogP contribution in [0.15, 0.2) is 12.3 Å². The number of ether oxygens (including phenoxy) is 1. The molecule has 9 heteroatoms. The number of rotatable bonds is 5. The molecule has 0 bridgehead atoms. The van der Waals surface area contributed by atoms with E-state index in [0.29, 0.717) is 43.1 Å². The lowest BCUT2D eigenvalue weighted by molar-refractivity contribution is 0.0721. The molecule has 1 aliphatic rings. The molecule has 0 radical (unpaired) electrons. The fraction of sp³-hybridized carbons (Fsp3) is 0.500. The summed E-state index contributed by atoms with van der Waals surface area (Å²) in [6.45, 7) is 1.61. The molecule has 3 rings (SSSR count). The first kappa shape index (κ1) is 15.6. The number of H-pyrrole nitrogens is 1. The van der Waals surface area contributed by atoms with Crippen LogP contribution in [0.4, 0.5) is 8.78 Å². The third kappa shape index (κ3) is 3.09. The summed E-state index contributed by atoms with van der Waals surface area (Å²) < 4.78 is 32.5. The van der Waals surface area contributed by atoms with Crippen LogP contribution in [0.2, 0.25) is 0 Å². The highest BCUT2D eigenvalue weighted by atomic mass is 19.3. The van der Waals surface area contributed by atoms with Gasteiger partial charge in [-0.15, -0.1) is 0 Å². The fourth-order valence-corrected chi connectivity index (χ4v) is 2.62. The lowest BCUT2D eigenvalue weighted by Gasteiger charge is -2.26. The zero-order valence-corrected chi connectivity index (χ0v) is 12.6. The van der Waals surface area contributed by atoms with E-state index in [1.54, 1.807) is 24.1 Å². The van der Waals surface area contributed by atoms with Gasteiger partial charge in [-0.05, 0) is 6.07 Å². The Kier molecular flexibility index (Phi) is 4.37. The van der Waals surface area contributed by atoms with Gasteiger partial charge in [0, 0.05) is 44.1 Å². The molecule has 0 saturated carbocycles. The third-order valence-corrected chi connectivity index (χ3v) is 3.84. The zero-order valence-electron chi connectivity index (χ0n) is 12.6. The number of hydrogen-bond acceptors (Lipinski definition) is 4. The molecule has 0 aliphatic carbocycles. The maximum atomic E-state index is 12.9. The Hall–Kier alpha value is -2.29. The number of amides is 1. The van der Waals surface area contributed by atoms with E-state index in [2.05, 4.69) is 15.3 Å². The molecule has 0 saturated heterocycles. The quantitative estimate of drug-likeness (QED) is 0.901. The number of halogens is 2. The maximum Gasteiger partial charge on any atom is 0.282 e. The number of aromatic amines is 1. The van der Waals surface area contributed by atoms with Crippen molar-refractivity contribution in [1.82, 2.24) is 24.9 Å². The highest BCUT2D eigenvalue weighted by Crippen LogP contribution is 2.27. The lowest BCUT2D eigenvalue weighted by atomic mass is 10.1. The Labute approximate surface area is 131 Å². The summed E-state index contributed by atoms with van der Waals surface area (Å²) in [6, 6.07) is 1.62. The first-order valence-corrected chi connectivity index (χ1v) is 7.26. The molecule has 23 heavy (non-hydrogen) atoms. The SMILES string of the molecule is COCCn1ccc(C(=O)N2CCc3[nH]nc(C(F)F)c3C2)n1. The standard InChI is InChI=1S/C14H17F2N5O2/c1-23-7-6-21-5-3-11(19-21)14(22)20-4-2-10-9(8-20)12(13(15)16)18-17-10/h3,5,13H,2,4,6-8H2,1H3,(H,17,18). The van der Waals surface area contributed by atoms with Crippen LogP contribution < -0.4 is 0 Å². The second-order valence-corrected chi connectivity index (χ2v) is 5.30. The van der Waals surface area contributed by atoms with Crippen molar-refractivity contribution in [3.8, 4) is 0 Å². The van der Waals surface area contributed by atoms with Gasteiger partial charge in [0.05, 0.1) is 13.2 Å². The van der Waals surface area contributed by atoms with Gasteiger partial charge in [-0.1, -0.05) is 0 Å². The van der Waals surface area contributed by atoms with E-state index in [0.717, 1.165) is 0 Å². The molecule has 1 amide bonds. The van der Waals surface area contributed by atoms with Crippen LogP contribution in [0.1, 0.15) is 33.9 Å². The van der Waals surface area contributed by atoms with Crippen molar-refractivity contribution < 1.29 is 18.3 Å². The van der Waals surface area contributed by atoms with E-state index in [4.69, 9.17) is 4.74 Å². The minimum absolute atomic E-state index is 0.120. The van der Waals surface area contributed by atoms with Crippen molar-refractivity contribution in [2.24, 2.45) is 0 Å². The van der Waals surface area contributed by atoms with E-state index in [-0.39, 0.29) is 18.1 Å². The second kappa shape index (κ2) is 6.45. The summed E-state index contributed by atoms with van der Waals surface area (Å²) in [7, 11) is 1.59. The van der Waals surface area contributed by atoms with Crippen molar-refractivity contribution in [1.29, 1.82) is 0 Å². The number of fused-ring (bicyclic) bond motifs is 1. The Balaban J connectivity index is 1.73. The van der Waals surface area contributed by atoms with Gasteiger partial charge in [0.1, 0.15) is 11.4 Å². The predicted octanol–water partition coefficient (Wildman–Crippen LogP) is 1.39. The van der Waals surface area contributed by atoms with Crippen molar-refractivity contribution in [2.75, 3.05) is 20.3 Å². The summed E-state index contributed by atoms with van der Waals surface area (Å²) >= 11 is 0. The molecular weight excluding hydrogens is 308 g/mol. The largest absolute Gasteiger partial charge is 0.383 e. The molecule has 2 aromatic rings. The Morgan fingerprint density at radius 2 is 2.35 bits per heavy atom. The first-order valence-electron chi connectivity index (χ1n) is 7.26. The fourth-order valence-electron chi connectivity index (χ4n) is 2.62. The van der Waals surface area contributed by atoms with E-state index in [1.807, 2.05) is 0 Å². The number of carbonyl (C=O) groups is 1. The number of nitrogens with one attached hydrogen (secondary N) is 1. The van der Waals surface area contributed by atoms with Crippen LogP contribution in [0.5, 0.6) is 0 Å². The topological polar surface area (TPSA) is 76.0 Å². The van der Waals surface area contributed by atoms with Gasteiger partial charge in [0.2, 0.25) is 0 Å². The highest BCUT2D eigenvalue weighted by Gasteiger charge is 2.29. The molecule has 0 unspecified atom stereocenters. The Bertz CT molecular complexity index is 697. The Morgan fingerprint density at radius 1 is 1.52 bits per heavy atom. The van der Waals surface area contributed by atoms with E-state index in [1.165, 1.54) is 4.90 Å². The number of alkyl halides is 2. The van der Waals surface area contributed by atoms with Crippen molar-refractivity contribution in [3.63, 3.8) is 0 Å². The number of methoxy groups -OCH3 is 1. The second-order valence-electron chi connectivity index (χ2n) is 5.30. The predicted molar refractivity (Wildman–Crippen MR) is 76.1 cm³/mol. The van der Waals surface area contributed by atoms with Crippen molar-refractivity contribution in [3.05, 3.63) is 34.9 Å². The number of hydrogen-bond donors (Lipinski definition) is 1. The molecule has 3 heterocycles. The molecule has 1 N–H and O–H groups in total. The van der Waals surface area contributed by atoms with E-state index in [9.17, 15) is 13.6 Å². The van der Waals surface area contributed by atoms with Crippen LogP contribution in [-0.4, -0.2) is 51.0 Å². The molecule has 1 aliphatic heterocycles. The summed E-state index contributed by atoms with van der Waals surface area (Å²) in [5.41, 5.74) is 1.11. The molecule has 7 nitrogen and oxygen atoms in total. The minimum Gasteiger partial charge on any atom is -0.383 e. The van der Waals surface area contributed by atoms with Crippen LogP contribution in [0, 0.1) is 0 Å². The monoisotopic (exact) mass is 325 g/mol. The molecule has 0 spiro atoms. The highest BCUT2D eigenvalue weighted by molar-refractivity contribution is 5.92. The third-order valence-electron chi connectivity index (χ3n) is 3.84. The van der Waals surface area contributed by atoms with Crippen LogP contribution in [0.3, 0.4) is 0 Å². The van der Waals surface area contributed by atoms with Crippen LogP contribution >= 0.6 is 0 Å². The number of nitrogens with zero attached hydrogens (tertiary/aromatic N) is 4. The molecular formula is C14H17F2N5O2. The van der Waals surface area contributed by atoms with Crippen molar-refractivity contribution >= 4 is 5.91 Å². The molecule has 0 aromatic carbocycles. The average molecular weight is 325 g/mol. The van der Waals surface area contributed by atoms with Crippen LogP contribution in [0.25, 0.3) is 0 Å². The lowest BCUT2D eigenvalue weighted by Crippen LogP contribution is -2.36. The molecule has 124 valence electrons. The minimum atomic E-state index is -2.65. The van der Waals surface area contributed by atoms with Crippen molar-refractivity contribution in [2.45, 2.75) is 25.9 Å². The van der Waals surface area contributed by atoms with Gasteiger partial charge in [-0.3, -0.25) is 14.6 Å². The molecule has 2 aromatic heterocycles. The zero-order chi connectivity index (χ0) is 16.4. The maximum absolute atomic E-state index is 12.9. The van der Waals surface area contributed by atoms with E-state index < -0.39 is 6.43 Å². The summed E-state index contributed by atoms with van der Waals surface area (Å²) in [5, 5.41) is 10.5. The Morgan fingerprint density at radius 3 is 3.09 bits per heavy atom. The van der Waals surface area contributed by atoms with Crippen LogP contribution in [-0.2, 0) is 24.2 Å². The number of aromatic nitrogens is 4.